The van der Waals surface area contributed by atoms with Crippen LogP contribution in [0.4, 0.5) is 0 Å². The monoisotopic (exact) mass is 308 g/mol. The van der Waals surface area contributed by atoms with E-state index in [-0.39, 0.29) is 0 Å². The Morgan fingerprint density at radius 3 is 1.91 bits per heavy atom. The summed E-state index contributed by atoms with van der Waals surface area (Å²) in [4.78, 5) is 2.55. The number of piperidine rings is 1. The summed E-state index contributed by atoms with van der Waals surface area (Å²) >= 11 is 0. The minimum absolute atomic E-state index is 0.432. The smallest absolute Gasteiger partial charge is 0.0214 e. The minimum atomic E-state index is 0.432. The fourth-order valence-corrected chi connectivity index (χ4v) is 3.54. The highest BCUT2D eigenvalue weighted by Gasteiger charge is 2.20. The Kier molecular flexibility index (Phi) is 5.84. The molecule has 0 unspecified atom stereocenters. The molecule has 1 aliphatic heterocycles. The van der Waals surface area contributed by atoms with Crippen LogP contribution < -0.4 is 5.32 Å². The third-order valence-electron chi connectivity index (χ3n) is 5.05. The van der Waals surface area contributed by atoms with Crippen LogP contribution in [0.25, 0.3) is 0 Å². The van der Waals surface area contributed by atoms with Crippen LogP contribution in [0.2, 0.25) is 0 Å². The zero-order valence-electron chi connectivity index (χ0n) is 14.1. The summed E-state index contributed by atoms with van der Waals surface area (Å²) in [7, 11) is 0. The van der Waals surface area contributed by atoms with Crippen LogP contribution in [0.5, 0.6) is 0 Å². The Labute approximate surface area is 140 Å². The fourth-order valence-electron chi connectivity index (χ4n) is 3.54. The molecule has 1 saturated heterocycles. The van der Waals surface area contributed by atoms with Crippen molar-refractivity contribution in [3.63, 3.8) is 0 Å². The number of rotatable bonds is 6. The molecule has 122 valence electrons. The van der Waals surface area contributed by atoms with Crippen LogP contribution in [0.1, 0.15) is 36.8 Å². The Hall–Kier alpha value is -1.64. The van der Waals surface area contributed by atoms with E-state index in [0.29, 0.717) is 12.0 Å². The molecule has 0 spiro atoms. The lowest BCUT2D eigenvalue weighted by Crippen LogP contribution is -2.43. The standard InChI is InChI=1S/C21H28N2/c1-2-23-15-13-20(14-16-23)22-17-21(18-9-5-3-6-10-18)19-11-7-4-8-12-19/h3-12,20-22H,2,13-17H2,1H3. The van der Waals surface area contributed by atoms with Gasteiger partial charge in [-0.25, -0.2) is 0 Å². The van der Waals surface area contributed by atoms with Crippen LogP contribution in [-0.2, 0) is 0 Å². The van der Waals surface area contributed by atoms with Crippen molar-refractivity contribution in [3.8, 4) is 0 Å². The zero-order valence-corrected chi connectivity index (χ0v) is 14.1. The lowest BCUT2D eigenvalue weighted by atomic mass is 9.90. The first-order valence-corrected chi connectivity index (χ1v) is 8.92. The summed E-state index contributed by atoms with van der Waals surface area (Å²) in [6.07, 6.45) is 2.54. The topological polar surface area (TPSA) is 15.3 Å². The average molecular weight is 308 g/mol. The van der Waals surface area contributed by atoms with Gasteiger partial charge in [0.2, 0.25) is 0 Å². The predicted molar refractivity (Wildman–Crippen MR) is 97.9 cm³/mol. The maximum Gasteiger partial charge on any atom is 0.0214 e. The molecular formula is C21H28N2. The van der Waals surface area contributed by atoms with E-state index in [1.54, 1.807) is 0 Å². The van der Waals surface area contributed by atoms with Crippen molar-refractivity contribution in [1.82, 2.24) is 10.2 Å². The Morgan fingerprint density at radius 2 is 1.43 bits per heavy atom. The molecule has 3 rings (SSSR count). The zero-order chi connectivity index (χ0) is 15.9. The summed E-state index contributed by atoms with van der Waals surface area (Å²) in [5, 5.41) is 3.84. The normalized spacial score (nSPS) is 16.8. The van der Waals surface area contributed by atoms with Crippen molar-refractivity contribution >= 4 is 0 Å². The van der Waals surface area contributed by atoms with Crippen LogP contribution in [0.3, 0.4) is 0 Å². The largest absolute Gasteiger partial charge is 0.313 e. The van der Waals surface area contributed by atoms with Gasteiger partial charge in [0.25, 0.3) is 0 Å². The number of nitrogens with zero attached hydrogens (tertiary/aromatic N) is 1. The molecule has 2 aromatic rings. The second kappa shape index (κ2) is 8.28. The van der Waals surface area contributed by atoms with E-state index in [0.717, 1.165) is 6.54 Å². The number of hydrogen-bond donors (Lipinski definition) is 1. The van der Waals surface area contributed by atoms with Crippen molar-refractivity contribution in [2.75, 3.05) is 26.2 Å². The third-order valence-corrected chi connectivity index (χ3v) is 5.05. The molecule has 0 aliphatic carbocycles. The predicted octanol–water partition coefficient (Wildman–Crippen LogP) is 3.89. The molecule has 0 aromatic heterocycles. The maximum absolute atomic E-state index is 3.84. The average Bonchev–Trinajstić information content (AvgIpc) is 2.64. The van der Waals surface area contributed by atoms with Gasteiger partial charge in [0.05, 0.1) is 0 Å². The molecule has 0 saturated carbocycles. The highest BCUT2D eigenvalue weighted by Crippen LogP contribution is 2.24. The third kappa shape index (κ3) is 4.43. The highest BCUT2D eigenvalue weighted by atomic mass is 15.1. The maximum atomic E-state index is 3.84. The van der Waals surface area contributed by atoms with Gasteiger partial charge in [0.1, 0.15) is 0 Å². The molecule has 2 heteroatoms. The van der Waals surface area contributed by atoms with E-state index in [4.69, 9.17) is 0 Å². The molecule has 1 fully saturated rings. The molecule has 1 N–H and O–H groups in total. The first-order valence-electron chi connectivity index (χ1n) is 8.92. The van der Waals surface area contributed by atoms with E-state index in [1.165, 1.54) is 43.6 Å². The van der Waals surface area contributed by atoms with Crippen molar-refractivity contribution in [2.45, 2.75) is 31.7 Å². The van der Waals surface area contributed by atoms with Crippen molar-refractivity contribution in [2.24, 2.45) is 0 Å². The van der Waals surface area contributed by atoms with Gasteiger partial charge in [-0.2, -0.15) is 0 Å². The van der Waals surface area contributed by atoms with Gasteiger partial charge in [-0.05, 0) is 43.6 Å². The van der Waals surface area contributed by atoms with Crippen molar-refractivity contribution < 1.29 is 0 Å². The summed E-state index contributed by atoms with van der Waals surface area (Å²) < 4.78 is 0. The molecule has 2 nitrogen and oxygen atoms in total. The van der Waals surface area contributed by atoms with Crippen LogP contribution in [0, 0.1) is 0 Å². The molecule has 0 bridgehead atoms. The molecule has 0 atom stereocenters. The quantitative estimate of drug-likeness (QED) is 0.871. The van der Waals surface area contributed by atoms with Gasteiger partial charge in [-0.1, -0.05) is 67.6 Å². The van der Waals surface area contributed by atoms with Crippen molar-refractivity contribution in [1.29, 1.82) is 0 Å². The number of likely N-dealkylation sites (tertiary alicyclic amines) is 1. The van der Waals surface area contributed by atoms with E-state index < -0.39 is 0 Å². The van der Waals surface area contributed by atoms with Crippen LogP contribution in [-0.4, -0.2) is 37.1 Å². The minimum Gasteiger partial charge on any atom is -0.313 e. The molecule has 0 radical (unpaired) electrons. The molecule has 2 aromatic carbocycles. The van der Waals surface area contributed by atoms with Crippen molar-refractivity contribution in [3.05, 3.63) is 71.8 Å². The lowest BCUT2D eigenvalue weighted by molar-refractivity contribution is 0.206. The van der Waals surface area contributed by atoms with E-state index in [1.807, 2.05) is 0 Å². The van der Waals surface area contributed by atoms with Gasteiger partial charge >= 0.3 is 0 Å². The molecule has 23 heavy (non-hydrogen) atoms. The number of benzene rings is 2. The van der Waals surface area contributed by atoms with Crippen LogP contribution >= 0.6 is 0 Å². The summed E-state index contributed by atoms with van der Waals surface area (Å²) in [5.41, 5.74) is 2.80. The van der Waals surface area contributed by atoms with E-state index in [9.17, 15) is 0 Å². The Balaban J connectivity index is 1.66. The van der Waals surface area contributed by atoms with Crippen LogP contribution in [0.15, 0.2) is 60.7 Å². The summed E-state index contributed by atoms with van der Waals surface area (Å²) in [6.45, 7) is 6.92. The molecule has 0 amide bonds. The van der Waals surface area contributed by atoms with Gasteiger partial charge in [0.15, 0.2) is 0 Å². The molecule has 1 heterocycles. The number of hydrogen-bond acceptors (Lipinski definition) is 2. The fraction of sp³-hybridized carbons (Fsp3) is 0.429. The van der Waals surface area contributed by atoms with E-state index in [2.05, 4.69) is 77.8 Å². The SMILES string of the molecule is CCN1CCC(NCC(c2ccccc2)c2ccccc2)CC1. The van der Waals surface area contributed by atoms with E-state index >= 15 is 0 Å². The van der Waals surface area contributed by atoms with Gasteiger partial charge < -0.3 is 10.2 Å². The Morgan fingerprint density at radius 1 is 0.913 bits per heavy atom. The summed E-state index contributed by atoms with van der Waals surface area (Å²) in [6, 6.07) is 22.4. The first kappa shape index (κ1) is 16.2. The van der Waals surface area contributed by atoms with Gasteiger partial charge in [0, 0.05) is 18.5 Å². The molecular weight excluding hydrogens is 280 g/mol. The van der Waals surface area contributed by atoms with Gasteiger partial charge in [-0.3, -0.25) is 0 Å². The second-order valence-electron chi connectivity index (χ2n) is 6.49. The molecule has 1 aliphatic rings. The summed E-state index contributed by atoms with van der Waals surface area (Å²) in [5.74, 6) is 0.432. The van der Waals surface area contributed by atoms with Gasteiger partial charge in [-0.15, -0.1) is 0 Å². The lowest BCUT2D eigenvalue weighted by Gasteiger charge is -2.32. The second-order valence-corrected chi connectivity index (χ2v) is 6.49. The first-order chi connectivity index (χ1) is 11.4. The Bertz CT molecular complexity index is 519. The number of nitrogens with one attached hydrogen (secondary N) is 1. The highest BCUT2D eigenvalue weighted by molar-refractivity contribution is 5.32.